The summed E-state index contributed by atoms with van der Waals surface area (Å²) >= 11 is 0. The Kier molecular flexibility index (Phi) is 4.50. The molecule has 0 heterocycles. The molecule has 3 N–H and O–H groups in total. The average molecular weight is 337 g/mol. The van der Waals surface area contributed by atoms with Crippen LogP contribution in [-0.4, -0.2) is 11.0 Å². The zero-order valence-electron chi connectivity index (χ0n) is 13.2. The van der Waals surface area contributed by atoms with E-state index in [-0.39, 0.29) is 11.4 Å². The molecule has 3 aromatic carbocycles. The van der Waals surface area contributed by atoms with E-state index in [0.717, 1.165) is 0 Å². The predicted octanol–water partition coefficient (Wildman–Crippen LogP) is 3.34. The molecule has 3 rings (SSSR count). The Hall–Kier alpha value is -3.18. The number of benzene rings is 3. The second-order valence-electron chi connectivity index (χ2n) is 5.52. The molecular weight excluding hydrogens is 321 g/mol. The molecule has 4 nitrogen and oxygen atoms in total. The predicted molar refractivity (Wildman–Crippen MR) is 91.6 cm³/mol. The summed E-state index contributed by atoms with van der Waals surface area (Å²) in [6.45, 7) is 0. The maximum atomic E-state index is 13.0. The quantitative estimate of drug-likeness (QED) is 0.750. The van der Waals surface area contributed by atoms with Crippen LogP contribution in [0.15, 0.2) is 78.9 Å². The molecule has 0 aromatic heterocycles. The van der Waals surface area contributed by atoms with Crippen molar-refractivity contribution in [1.82, 2.24) is 0 Å². The van der Waals surface area contributed by atoms with E-state index in [2.05, 4.69) is 0 Å². The van der Waals surface area contributed by atoms with Crippen LogP contribution in [0.4, 0.5) is 4.39 Å². The summed E-state index contributed by atoms with van der Waals surface area (Å²) in [7, 11) is 0. The average Bonchev–Trinajstić information content (AvgIpc) is 2.64. The summed E-state index contributed by atoms with van der Waals surface area (Å²) in [4.78, 5) is 12.0. The Morgan fingerprint density at radius 1 is 0.880 bits per heavy atom. The molecule has 1 amide bonds. The summed E-state index contributed by atoms with van der Waals surface area (Å²) in [6, 6.07) is 20.4. The molecule has 0 aliphatic carbocycles. The highest BCUT2D eigenvalue weighted by molar-refractivity contribution is 5.88. The van der Waals surface area contributed by atoms with Crippen LogP contribution in [0.1, 0.15) is 11.1 Å². The van der Waals surface area contributed by atoms with Gasteiger partial charge >= 0.3 is 0 Å². The van der Waals surface area contributed by atoms with E-state index in [9.17, 15) is 14.3 Å². The van der Waals surface area contributed by atoms with E-state index >= 15 is 0 Å². The van der Waals surface area contributed by atoms with E-state index in [4.69, 9.17) is 10.5 Å². The van der Waals surface area contributed by atoms with Crippen LogP contribution in [0, 0.1) is 5.82 Å². The van der Waals surface area contributed by atoms with Crippen molar-refractivity contribution < 1.29 is 19.0 Å². The number of amides is 1. The van der Waals surface area contributed by atoms with E-state index in [1.807, 2.05) is 0 Å². The Labute approximate surface area is 144 Å². The first-order chi connectivity index (χ1) is 12.0. The van der Waals surface area contributed by atoms with Crippen molar-refractivity contribution in [3.63, 3.8) is 0 Å². The second kappa shape index (κ2) is 6.75. The number of carbonyl (C=O) groups excluding carboxylic acids is 1. The minimum atomic E-state index is -1.98. The van der Waals surface area contributed by atoms with Crippen molar-refractivity contribution in [2.75, 3.05) is 0 Å². The zero-order chi connectivity index (χ0) is 17.9. The van der Waals surface area contributed by atoms with Gasteiger partial charge in [0, 0.05) is 5.56 Å². The summed E-state index contributed by atoms with van der Waals surface area (Å²) in [5.41, 5.74) is 4.15. The van der Waals surface area contributed by atoms with Crippen molar-refractivity contribution in [3.05, 3.63) is 95.8 Å². The van der Waals surface area contributed by atoms with Crippen LogP contribution in [-0.2, 0) is 10.4 Å². The van der Waals surface area contributed by atoms with E-state index in [0.29, 0.717) is 17.1 Å². The summed E-state index contributed by atoms with van der Waals surface area (Å²) in [5.74, 6) is -0.438. The molecule has 5 heteroatoms. The van der Waals surface area contributed by atoms with Crippen molar-refractivity contribution in [2.45, 2.75) is 5.60 Å². The Morgan fingerprint density at radius 3 is 2.16 bits per heavy atom. The fourth-order valence-corrected chi connectivity index (χ4v) is 2.55. The Bertz CT molecular complexity index is 881. The zero-order valence-corrected chi connectivity index (χ0v) is 13.2. The number of halogens is 1. The molecule has 0 bridgehead atoms. The number of ether oxygens (including phenoxy) is 1. The highest BCUT2D eigenvalue weighted by Crippen LogP contribution is 2.32. The molecule has 126 valence electrons. The van der Waals surface area contributed by atoms with E-state index in [1.165, 1.54) is 30.3 Å². The fraction of sp³-hybridized carbons (Fsp3) is 0.0500. The lowest BCUT2D eigenvalue weighted by molar-refractivity contribution is -0.133. The number of hydrogen-bond acceptors (Lipinski definition) is 3. The van der Waals surface area contributed by atoms with Gasteiger partial charge in [-0.1, -0.05) is 42.5 Å². The monoisotopic (exact) mass is 337 g/mol. The smallest absolute Gasteiger partial charge is 0.258 e. The number of hydrogen-bond donors (Lipinski definition) is 2. The van der Waals surface area contributed by atoms with E-state index < -0.39 is 11.5 Å². The third-order valence-electron chi connectivity index (χ3n) is 3.85. The first-order valence-electron chi connectivity index (χ1n) is 7.62. The van der Waals surface area contributed by atoms with Crippen LogP contribution in [0.2, 0.25) is 0 Å². The van der Waals surface area contributed by atoms with Crippen LogP contribution in [0.5, 0.6) is 11.5 Å². The number of carbonyl (C=O) groups is 1. The topological polar surface area (TPSA) is 72.6 Å². The van der Waals surface area contributed by atoms with Gasteiger partial charge in [-0.3, -0.25) is 4.79 Å². The molecule has 0 aliphatic heterocycles. The van der Waals surface area contributed by atoms with Gasteiger partial charge in [0.15, 0.2) is 5.60 Å². The van der Waals surface area contributed by atoms with Gasteiger partial charge in [0.25, 0.3) is 5.91 Å². The van der Waals surface area contributed by atoms with Crippen LogP contribution >= 0.6 is 0 Å². The molecule has 0 saturated carbocycles. The Balaban J connectivity index is 1.99. The van der Waals surface area contributed by atoms with Crippen LogP contribution in [0.25, 0.3) is 0 Å². The SMILES string of the molecule is NC(=O)C(O)(c1ccccc1)c1cccc(Oc2ccc(F)cc2)c1. The summed E-state index contributed by atoms with van der Waals surface area (Å²) in [5, 5.41) is 11.0. The van der Waals surface area contributed by atoms with Crippen molar-refractivity contribution in [2.24, 2.45) is 5.73 Å². The molecule has 3 aromatic rings. The molecular formula is C20H16FNO3. The van der Waals surface area contributed by atoms with Crippen molar-refractivity contribution in [3.8, 4) is 11.5 Å². The lowest BCUT2D eigenvalue weighted by atomic mass is 9.85. The first kappa shape index (κ1) is 16.7. The first-order valence-corrected chi connectivity index (χ1v) is 7.62. The van der Waals surface area contributed by atoms with Crippen LogP contribution < -0.4 is 10.5 Å². The van der Waals surface area contributed by atoms with Gasteiger partial charge in [0.2, 0.25) is 0 Å². The minimum absolute atomic E-state index is 0.283. The third-order valence-corrected chi connectivity index (χ3v) is 3.85. The molecule has 0 saturated heterocycles. The molecule has 0 spiro atoms. The van der Waals surface area contributed by atoms with E-state index in [1.54, 1.807) is 48.5 Å². The van der Waals surface area contributed by atoms with Gasteiger partial charge in [-0.15, -0.1) is 0 Å². The number of aliphatic hydroxyl groups is 1. The number of rotatable bonds is 5. The third kappa shape index (κ3) is 3.36. The summed E-state index contributed by atoms with van der Waals surface area (Å²) < 4.78 is 18.6. The standard InChI is InChI=1S/C20H16FNO3/c21-16-9-11-17(12-10-16)25-18-8-4-7-15(13-18)20(24,19(22)23)14-5-2-1-3-6-14/h1-13,24H,(H2,22,23). The van der Waals surface area contributed by atoms with Gasteiger partial charge in [-0.05, 0) is 42.0 Å². The van der Waals surface area contributed by atoms with Gasteiger partial charge in [-0.25, -0.2) is 4.39 Å². The molecule has 0 fully saturated rings. The van der Waals surface area contributed by atoms with Gasteiger partial charge in [0.05, 0.1) is 0 Å². The molecule has 1 atom stereocenters. The van der Waals surface area contributed by atoms with Gasteiger partial charge in [-0.2, -0.15) is 0 Å². The number of primary amides is 1. The highest BCUT2D eigenvalue weighted by atomic mass is 19.1. The molecule has 1 unspecified atom stereocenters. The molecule has 25 heavy (non-hydrogen) atoms. The number of nitrogens with two attached hydrogens (primary N) is 1. The fourth-order valence-electron chi connectivity index (χ4n) is 2.55. The lowest BCUT2D eigenvalue weighted by Crippen LogP contribution is -2.42. The summed E-state index contributed by atoms with van der Waals surface area (Å²) in [6.07, 6.45) is 0. The van der Waals surface area contributed by atoms with Gasteiger partial charge in [0.1, 0.15) is 17.3 Å². The Morgan fingerprint density at radius 2 is 1.52 bits per heavy atom. The maximum Gasteiger partial charge on any atom is 0.258 e. The normalized spacial score (nSPS) is 13.0. The minimum Gasteiger partial charge on any atom is -0.457 e. The second-order valence-corrected chi connectivity index (χ2v) is 5.52. The van der Waals surface area contributed by atoms with Gasteiger partial charge < -0.3 is 15.6 Å². The largest absolute Gasteiger partial charge is 0.457 e. The van der Waals surface area contributed by atoms with Crippen molar-refractivity contribution in [1.29, 1.82) is 0 Å². The van der Waals surface area contributed by atoms with Crippen molar-refractivity contribution >= 4 is 5.91 Å². The molecule has 0 aliphatic rings. The highest BCUT2D eigenvalue weighted by Gasteiger charge is 2.38. The molecule has 0 radical (unpaired) electrons. The maximum absolute atomic E-state index is 13.0. The van der Waals surface area contributed by atoms with Crippen LogP contribution in [0.3, 0.4) is 0 Å². The lowest BCUT2D eigenvalue weighted by Gasteiger charge is -2.26.